The minimum atomic E-state index is 0.807. The van der Waals surface area contributed by atoms with Gasteiger partial charge in [0.2, 0.25) is 0 Å². The summed E-state index contributed by atoms with van der Waals surface area (Å²) in [6.07, 6.45) is 2.78. The second kappa shape index (κ2) is 5.28. The van der Waals surface area contributed by atoms with Crippen LogP contribution in [-0.2, 0) is 4.74 Å². The van der Waals surface area contributed by atoms with E-state index in [9.17, 15) is 0 Å². The lowest BCUT2D eigenvalue weighted by atomic mass is 9.93. The van der Waals surface area contributed by atoms with Gasteiger partial charge in [-0.3, -0.25) is 0 Å². The average Bonchev–Trinajstić information content (AvgIpc) is 2.18. The predicted octanol–water partition coefficient (Wildman–Crippen LogP) is 0.906. The number of hydrogen-bond donors (Lipinski definition) is 0. The molecule has 0 spiro atoms. The van der Waals surface area contributed by atoms with E-state index < -0.39 is 0 Å². The molecule has 3 nitrogen and oxygen atoms in total. The van der Waals surface area contributed by atoms with Crippen LogP contribution in [0.5, 0.6) is 0 Å². The Labute approximate surface area is 93.4 Å². The van der Waals surface area contributed by atoms with Crippen molar-refractivity contribution in [3.05, 3.63) is 0 Å². The highest BCUT2D eigenvalue weighted by molar-refractivity contribution is 4.82. The predicted molar refractivity (Wildman–Crippen MR) is 62.0 cm³/mol. The Morgan fingerprint density at radius 2 is 1.80 bits per heavy atom. The van der Waals surface area contributed by atoms with Crippen LogP contribution < -0.4 is 0 Å². The molecule has 0 aromatic heterocycles. The van der Waals surface area contributed by atoms with Crippen molar-refractivity contribution in [2.24, 2.45) is 11.8 Å². The number of rotatable bonds is 4. The highest BCUT2D eigenvalue weighted by atomic mass is 16.5. The number of methoxy groups -OCH3 is 1. The molecule has 0 N–H and O–H groups in total. The summed E-state index contributed by atoms with van der Waals surface area (Å²) in [6, 6.07) is 0. The van der Waals surface area contributed by atoms with E-state index in [4.69, 9.17) is 4.74 Å². The summed E-state index contributed by atoms with van der Waals surface area (Å²) in [5.41, 5.74) is 0. The fourth-order valence-electron chi connectivity index (χ4n) is 2.78. The number of piperidine rings is 1. The van der Waals surface area contributed by atoms with Gasteiger partial charge in [0, 0.05) is 32.7 Å². The molecule has 2 aliphatic rings. The fourth-order valence-corrected chi connectivity index (χ4v) is 2.78. The normalized spacial score (nSPS) is 26.8. The molecular formula is C12H24N2O. The van der Waals surface area contributed by atoms with Crippen LogP contribution in [0, 0.1) is 11.8 Å². The minimum absolute atomic E-state index is 0.807. The molecule has 0 radical (unpaired) electrons. The minimum Gasteiger partial charge on any atom is -0.384 e. The largest absolute Gasteiger partial charge is 0.384 e. The van der Waals surface area contributed by atoms with Gasteiger partial charge in [-0.25, -0.2) is 0 Å². The zero-order valence-corrected chi connectivity index (χ0v) is 10.1. The first-order valence-electron chi connectivity index (χ1n) is 6.17. The quantitative estimate of drug-likeness (QED) is 0.689. The average molecular weight is 212 g/mol. The van der Waals surface area contributed by atoms with Crippen molar-refractivity contribution in [3.63, 3.8) is 0 Å². The lowest BCUT2D eigenvalue weighted by Gasteiger charge is -2.42. The van der Waals surface area contributed by atoms with Crippen molar-refractivity contribution in [2.45, 2.75) is 12.8 Å². The number of ether oxygens (including phenoxy) is 1. The summed E-state index contributed by atoms with van der Waals surface area (Å²) in [7, 11) is 4.04. The summed E-state index contributed by atoms with van der Waals surface area (Å²) >= 11 is 0. The second-order valence-corrected chi connectivity index (χ2v) is 5.29. The molecule has 0 aliphatic carbocycles. The summed E-state index contributed by atoms with van der Waals surface area (Å²) in [5, 5.41) is 0. The lowest BCUT2D eigenvalue weighted by molar-refractivity contribution is 0.0181. The van der Waals surface area contributed by atoms with Gasteiger partial charge in [0.1, 0.15) is 0 Å². The zero-order valence-electron chi connectivity index (χ0n) is 10.1. The highest BCUT2D eigenvalue weighted by Gasteiger charge is 2.29. The van der Waals surface area contributed by atoms with Gasteiger partial charge in [-0.2, -0.15) is 0 Å². The first-order chi connectivity index (χ1) is 7.28. The first kappa shape index (κ1) is 11.4. The van der Waals surface area contributed by atoms with E-state index in [0.29, 0.717) is 0 Å². The molecule has 0 aromatic rings. The topological polar surface area (TPSA) is 15.7 Å². The molecule has 0 bridgehead atoms. The van der Waals surface area contributed by atoms with Gasteiger partial charge in [-0.15, -0.1) is 0 Å². The molecule has 88 valence electrons. The molecule has 2 rings (SSSR count). The Kier molecular flexibility index (Phi) is 4.00. The van der Waals surface area contributed by atoms with Gasteiger partial charge in [0.15, 0.2) is 0 Å². The molecule has 2 heterocycles. The molecule has 2 fully saturated rings. The van der Waals surface area contributed by atoms with E-state index in [-0.39, 0.29) is 0 Å². The van der Waals surface area contributed by atoms with E-state index in [2.05, 4.69) is 16.8 Å². The van der Waals surface area contributed by atoms with E-state index in [1.54, 1.807) is 7.11 Å². The summed E-state index contributed by atoms with van der Waals surface area (Å²) in [6.45, 7) is 7.39. The zero-order chi connectivity index (χ0) is 10.7. The second-order valence-electron chi connectivity index (χ2n) is 5.29. The molecule has 3 heteroatoms. The standard InChI is InChI=1S/C12H24N2O/c1-13-5-3-11(4-6-13)7-14-8-12(9-14)10-15-2/h11-12H,3-10H2,1-2H3. The van der Waals surface area contributed by atoms with Crippen molar-refractivity contribution >= 4 is 0 Å². The van der Waals surface area contributed by atoms with Crippen LogP contribution in [0.25, 0.3) is 0 Å². The van der Waals surface area contributed by atoms with Gasteiger partial charge in [-0.05, 0) is 38.9 Å². The molecule has 0 aromatic carbocycles. The van der Waals surface area contributed by atoms with E-state index in [1.807, 2.05) is 0 Å². The van der Waals surface area contributed by atoms with Crippen LogP contribution >= 0.6 is 0 Å². The first-order valence-corrected chi connectivity index (χ1v) is 6.17. The third-order valence-electron chi connectivity index (χ3n) is 3.79. The Balaban J connectivity index is 1.59. The van der Waals surface area contributed by atoms with Gasteiger partial charge < -0.3 is 14.5 Å². The molecule has 0 saturated carbocycles. The van der Waals surface area contributed by atoms with Crippen molar-refractivity contribution in [1.82, 2.24) is 9.80 Å². The van der Waals surface area contributed by atoms with Crippen molar-refractivity contribution < 1.29 is 4.74 Å². The molecule has 2 aliphatic heterocycles. The molecule has 2 saturated heterocycles. The van der Waals surface area contributed by atoms with Crippen LogP contribution in [0.4, 0.5) is 0 Å². The Morgan fingerprint density at radius 1 is 1.13 bits per heavy atom. The van der Waals surface area contributed by atoms with Gasteiger partial charge in [-0.1, -0.05) is 0 Å². The maximum absolute atomic E-state index is 5.16. The van der Waals surface area contributed by atoms with Crippen LogP contribution in [-0.4, -0.2) is 63.3 Å². The van der Waals surface area contributed by atoms with Gasteiger partial charge in [0.25, 0.3) is 0 Å². The Hall–Kier alpha value is -0.120. The van der Waals surface area contributed by atoms with Crippen LogP contribution in [0.2, 0.25) is 0 Å². The Bertz CT molecular complexity index is 184. The number of nitrogens with zero attached hydrogens (tertiary/aromatic N) is 2. The third-order valence-corrected chi connectivity index (χ3v) is 3.79. The maximum Gasteiger partial charge on any atom is 0.0515 e. The highest BCUT2D eigenvalue weighted by Crippen LogP contribution is 2.22. The van der Waals surface area contributed by atoms with E-state index in [1.165, 1.54) is 45.6 Å². The van der Waals surface area contributed by atoms with Crippen molar-refractivity contribution in [2.75, 3.05) is 53.5 Å². The van der Waals surface area contributed by atoms with Crippen LogP contribution in [0.3, 0.4) is 0 Å². The van der Waals surface area contributed by atoms with E-state index >= 15 is 0 Å². The van der Waals surface area contributed by atoms with Crippen molar-refractivity contribution in [1.29, 1.82) is 0 Å². The third kappa shape index (κ3) is 3.16. The molecule has 0 atom stereocenters. The van der Waals surface area contributed by atoms with Crippen LogP contribution in [0.15, 0.2) is 0 Å². The fraction of sp³-hybridized carbons (Fsp3) is 1.00. The molecule has 0 unspecified atom stereocenters. The molecular weight excluding hydrogens is 188 g/mol. The maximum atomic E-state index is 5.16. The lowest BCUT2D eigenvalue weighted by Crippen LogP contribution is -2.51. The monoisotopic (exact) mass is 212 g/mol. The summed E-state index contributed by atoms with van der Waals surface area (Å²) in [4.78, 5) is 5.04. The van der Waals surface area contributed by atoms with E-state index in [0.717, 1.165) is 18.4 Å². The number of likely N-dealkylation sites (tertiary alicyclic amines) is 2. The van der Waals surface area contributed by atoms with Crippen molar-refractivity contribution in [3.8, 4) is 0 Å². The van der Waals surface area contributed by atoms with Crippen LogP contribution in [0.1, 0.15) is 12.8 Å². The molecule has 0 amide bonds. The number of hydrogen-bond acceptors (Lipinski definition) is 3. The van der Waals surface area contributed by atoms with Gasteiger partial charge >= 0.3 is 0 Å². The smallest absolute Gasteiger partial charge is 0.0515 e. The molecule has 15 heavy (non-hydrogen) atoms. The SMILES string of the molecule is COCC1CN(CC2CCN(C)CC2)C1. The Morgan fingerprint density at radius 3 is 2.40 bits per heavy atom. The van der Waals surface area contributed by atoms with Gasteiger partial charge in [0.05, 0.1) is 6.61 Å². The summed E-state index contributed by atoms with van der Waals surface area (Å²) in [5.74, 6) is 1.76. The summed E-state index contributed by atoms with van der Waals surface area (Å²) < 4.78 is 5.16.